The largest absolute Gasteiger partial charge is 0.207 e. The lowest BCUT2D eigenvalue weighted by Crippen LogP contribution is -1.98. The topological polar surface area (TPSA) is 0 Å². The molecule has 0 aliphatic rings. The molecule has 1 aromatic rings. The normalized spacial score (nSPS) is 10.5. The lowest BCUT2D eigenvalue weighted by Gasteiger charge is -2.10. The van der Waals surface area contributed by atoms with Gasteiger partial charge in [-0.2, -0.15) is 0 Å². The first-order chi connectivity index (χ1) is 6.20. The highest BCUT2D eigenvalue weighted by atomic mass is 19.1. The molecule has 1 heteroatoms. The van der Waals surface area contributed by atoms with Gasteiger partial charge in [0.25, 0.3) is 0 Å². The van der Waals surface area contributed by atoms with E-state index >= 15 is 0 Å². The van der Waals surface area contributed by atoms with E-state index in [1.165, 1.54) is 11.1 Å². The number of rotatable bonds is 3. The fourth-order valence-corrected chi connectivity index (χ4v) is 1.71. The zero-order valence-corrected chi connectivity index (χ0v) is 8.65. The van der Waals surface area contributed by atoms with Gasteiger partial charge in [-0.1, -0.05) is 26.3 Å². The van der Waals surface area contributed by atoms with Gasteiger partial charge in [-0.3, -0.25) is 0 Å². The molecule has 0 bridgehead atoms. The summed E-state index contributed by atoms with van der Waals surface area (Å²) in [6.07, 6.45) is 3.07. The predicted molar refractivity (Wildman–Crippen MR) is 54.5 cm³/mol. The second kappa shape index (κ2) is 4.40. The van der Waals surface area contributed by atoms with Gasteiger partial charge in [0.1, 0.15) is 5.82 Å². The molecule has 0 radical (unpaired) electrons. The van der Waals surface area contributed by atoms with Crippen molar-refractivity contribution in [3.63, 3.8) is 0 Å². The van der Waals surface area contributed by atoms with Crippen LogP contribution < -0.4 is 0 Å². The van der Waals surface area contributed by atoms with Gasteiger partial charge in [0, 0.05) is 0 Å². The molecule has 0 heterocycles. The summed E-state index contributed by atoms with van der Waals surface area (Å²) in [5.41, 5.74) is 3.34. The Hall–Kier alpha value is -0.850. The van der Waals surface area contributed by atoms with E-state index in [0.29, 0.717) is 0 Å². The van der Waals surface area contributed by atoms with E-state index in [0.717, 1.165) is 24.8 Å². The van der Waals surface area contributed by atoms with Crippen molar-refractivity contribution in [3.05, 3.63) is 34.6 Å². The van der Waals surface area contributed by atoms with Crippen LogP contribution in [-0.4, -0.2) is 0 Å². The highest BCUT2D eigenvalue weighted by Crippen LogP contribution is 2.19. The zero-order valence-electron chi connectivity index (χ0n) is 8.65. The SMILES string of the molecule is CCCc1c(CC)ccc(F)c1C. The van der Waals surface area contributed by atoms with E-state index in [1.807, 2.05) is 13.0 Å². The maximum atomic E-state index is 13.2. The molecular formula is C12H17F. The molecule has 13 heavy (non-hydrogen) atoms. The number of benzene rings is 1. The van der Waals surface area contributed by atoms with Crippen LogP contribution in [0.1, 0.15) is 37.0 Å². The highest BCUT2D eigenvalue weighted by molar-refractivity contribution is 5.35. The van der Waals surface area contributed by atoms with Gasteiger partial charge in [0.05, 0.1) is 0 Å². The summed E-state index contributed by atoms with van der Waals surface area (Å²) in [4.78, 5) is 0. The van der Waals surface area contributed by atoms with E-state index in [9.17, 15) is 4.39 Å². The van der Waals surface area contributed by atoms with Crippen LogP contribution in [0.25, 0.3) is 0 Å². The van der Waals surface area contributed by atoms with Crippen LogP contribution in [0.15, 0.2) is 12.1 Å². The van der Waals surface area contributed by atoms with Gasteiger partial charge in [-0.15, -0.1) is 0 Å². The lowest BCUT2D eigenvalue weighted by atomic mass is 9.96. The van der Waals surface area contributed by atoms with Gasteiger partial charge in [-0.25, -0.2) is 4.39 Å². The predicted octanol–water partition coefficient (Wildman–Crippen LogP) is 3.65. The summed E-state index contributed by atoms with van der Waals surface area (Å²) >= 11 is 0. The van der Waals surface area contributed by atoms with Crippen molar-refractivity contribution in [2.24, 2.45) is 0 Å². The number of halogens is 1. The first kappa shape index (κ1) is 10.2. The van der Waals surface area contributed by atoms with Gasteiger partial charge in [-0.05, 0) is 42.5 Å². The Labute approximate surface area is 79.8 Å². The van der Waals surface area contributed by atoms with Gasteiger partial charge in [0.15, 0.2) is 0 Å². The van der Waals surface area contributed by atoms with Crippen molar-refractivity contribution in [1.82, 2.24) is 0 Å². The van der Waals surface area contributed by atoms with Crippen LogP contribution in [0.4, 0.5) is 4.39 Å². The summed E-state index contributed by atoms with van der Waals surface area (Å²) in [6.45, 7) is 6.12. The molecule has 0 unspecified atom stereocenters. The van der Waals surface area contributed by atoms with Crippen LogP contribution in [0.5, 0.6) is 0 Å². The smallest absolute Gasteiger partial charge is 0.126 e. The fraction of sp³-hybridized carbons (Fsp3) is 0.500. The van der Waals surface area contributed by atoms with Crippen molar-refractivity contribution in [1.29, 1.82) is 0 Å². The molecule has 0 fully saturated rings. The lowest BCUT2D eigenvalue weighted by molar-refractivity contribution is 0.613. The van der Waals surface area contributed by atoms with Crippen LogP contribution in [-0.2, 0) is 12.8 Å². The van der Waals surface area contributed by atoms with Crippen LogP contribution >= 0.6 is 0 Å². The third kappa shape index (κ3) is 2.09. The molecule has 0 spiro atoms. The Bertz CT molecular complexity index is 289. The molecule has 0 aromatic heterocycles. The van der Waals surface area contributed by atoms with E-state index < -0.39 is 0 Å². The molecule has 1 rings (SSSR count). The average molecular weight is 180 g/mol. The summed E-state index contributed by atoms with van der Waals surface area (Å²) in [7, 11) is 0. The van der Waals surface area contributed by atoms with Crippen molar-refractivity contribution >= 4 is 0 Å². The van der Waals surface area contributed by atoms with Gasteiger partial charge in [0.2, 0.25) is 0 Å². The maximum Gasteiger partial charge on any atom is 0.126 e. The Morgan fingerprint density at radius 3 is 2.46 bits per heavy atom. The second-order valence-corrected chi connectivity index (χ2v) is 3.41. The zero-order chi connectivity index (χ0) is 9.84. The van der Waals surface area contributed by atoms with Crippen molar-refractivity contribution in [2.75, 3.05) is 0 Å². The third-order valence-corrected chi connectivity index (χ3v) is 2.51. The van der Waals surface area contributed by atoms with E-state index in [4.69, 9.17) is 0 Å². The van der Waals surface area contributed by atoms with Crippen molar-refractivity contribution < 1.29 is 4.39 Å². The first-order valence-electron chi connectivity index (χ1n) is 4.97. The number of hydrogen-bond acceptors (Lipinski definition) is 0. The summed E-state index contributed by atoms with van der Waals surface area (Å²) in [5, 5.41) is 0. The quantitative estimate of drug-likeness (QED) is 0.666. The molecule has 0 aliphatic carbocycles. The molecule has 0 nitrogen and oxygen atoms in total. The van der Waals surface area contributed by atoms with E-state index in [2.05, 4.69) is 13.8 Å². The third-order valence-electron chi connectivity index (χ3n) is 2.51. The fourth-order valence-electron chi connectivity index (χ4n) is 1.71. The minimum Gasteiger partial charge on any atom is -0.207 e. The number of hydrogen-bond donors (Lipinski definition) is 0. The Morgan fingerprint density at radius 2 is 1.92 bits per heavy atom. The van der Waals surface area contributed by atoms with Crippen molar-refractivity contribution in [3.8, 4) is 0 Å². The molecule has 72 valence electrons. The molecular weight excluding hydrogens is 163 g/mol. The average Bonchev–Trinajstić information content (AvgIpc) is 2.14. The van der Waals surface area contributed by atoms with Crippen LogP contribution in [0.3, 0.4) is 0 Å². The molecule has 0 N–H and O–H groups in total. The molecule has 0 aliphatic heterocycles. The first-order valence-corrected chi connectivity index (χ1v) is 4.97. The molecule has 0 saturated heterocycles. The highest BCUT2D eigenvalue weighted by Gasteiger charge is 2.07. The summed E-state index contributed by atoms with van der Waals surface area (Å²) in [5.74, 6) is -0.0688. The molecule has 0 amide bonds. The summed E-state index contributed by atoms with van der Waals surface area (Å²) in [6, 6.07) is 3.49. The molecule has 0 saturated carbocycles. The monoisotopic (exact) mass is 180 g/mol. The van der Waals surface area contributed by atoms with Crippen LogP contribution in [0, 0.1) is 12.7 Å². The second-order valence-electron chi connectivity index (χ2n) is 3.41. The summed E-state index contributed by atoms with van der Waals surface area (Å²) < 4.78 is 13.2. The van der Waals surface area contributed by atoms with E-state index in [1.54, 1.807) is 6.07 Å². The number of aryl methyl sites for hydroxylation is 1. The maximum absolute atomic E-state index is 13.2. The van der Waals surface area contributed by atoms with Crippen LogP contribution in [0.2, 0.25) is 0 Å². The minimum absolute atomic E-state index is 0.0688. The van der Waals surface area contributed by atoms with Gasteiger partial charge >= 0.3 is 0 Å². The van der Waals surface area contributed by atoms with Crippen molar-refractivity contribution in [2.45, 2.75) is 40.0 Å². The Balaban J connectivity index is 3.15. The van der Waals surface area contributed by atoms with E-state index in [-0.39, 0.29) is 5.82 Å². The Morgan fingerprint density at radius 1 is 1.23 bits per heavy atom. The Kier molecular flexibility index (Phi) is 3.47. The standard InChI is InChI=1S/C12H17F/c1-4-6-11-9(3)12(13)8-7-10(11)5-2/h7-8H,4-6H2,1-3H3. The van der Waals surface area contributed by atoms with Gasteiger partial charge < -0.3 is 0 Å². The molecule has 0 atom stereocenters. The minimum atomic E-state index is -0.0688. The molecule has 1 aromatic carbocycles.